The topological polar surface area (TPSA) is 46.5 Å². The molecule has 0 unspecified atom stereocenters. The van der Waals surface area contributed by atoms with Gasteiger partial charge in [0.05, 0.1) is 6.08 Å². The fraction of sp³-hybridized carbons (Fsp3) is 0.500. The van der Waals surface area contributed by atoms with Crippen LogP contribution in [0.1, 0.15) is 32.3 Å². The summed E-state index contributed by atoms with van der Waals surface area (Å²) in [6.45, 7) is 4.05. The standard InChI is InChI=1S/C14H18O3S/c1-10(2)14(5-3-11-4-6-18-9-11)8-12(15)7-13(16)17-14/h4,6-7,9-10,15H,3,5,8H2,1-2H3/t14-/m1/s1. The third-order valence-electron chi connectivity index (χ3n) is 3.54. The van der Waals surface area contributed by atoms with Gasteiger partial charge < -0.3 is 9.84 Å². The second kappa shape index (κ2) is 5.14. The van der Waals surface area contributed by atoms with Crippen molar-refractivity contribution in [2.75, 3.05) is 0 Å². The first-order valence-electron chi connectivity index (χ1n) is 6.15. The molecule has 2 rings (SSSR count). The van der Waals surface area contributed by atoms with Crippen molar-refractivity contribution in [1.82, 2.24) is 0 Å². The monoisotopic (exact) mass is 266 g/mol. The molecule has 0 bridgehead atoms. The van der Waals surface area contributed by atoms with E-state index in [0.717, 1.165) is 12.8 Å². The predicted octanol–water partition coefficient (Wildman–Crippen LogP) is 3.46. The van der Waals surface area contributed by atoms with Gasteiger partial charge in [-0.15, -0.1) is 0 Å². The Morgan fingerprint density at radius 1 is 1.56 bits per heavy atom. The molecule has 1 aromatic rings. The smallest absolute Gasteiger partial charge is 0.334 e. The summed E-state index contributed by atoms with van der Waals surface area (Å²) in [4.78, 5) is 11.5. The number of hydrogen-bond donors (Lipinski definition) is 1. The van der Waals surface area contributed by atoms with E-state index in [1.165, 1.54) is 11.6 Å². The molecule has 0 saturated heterocycles. The van der Waals surface area contributed by atoms with Crippen LogP contribution in [0.5, 0.6) is 0 Å². The van der Waals surface area contributed by atoms with Gasteiger partial charge in [0.15, 0.2) is 0 Å². The number of carbonyl (C=O) groups is 1. The Morgan fingerprint density at radius 2 is 2.33 bits per heavy atom. The Labute approximate surface area is 111 Å². The van der Waals surface area contributed by atoms with Gasteiger partial charge in [-0.25, -0.2) is 4.79 Å². The van der Waals surface area contributed by atoms with Crippen molar-refractivity contribution < 1.29 is 14.6 Å². The molecule has 4 heteroatoms. The maximum Gasteiger partial charge on any atom is 0.334 e. The van der Waals surface area contributed by atoms with Crippen LogP contribution in [-0.4, -0.2) is 16.7 Å². The van der Waals surface area contributed by atoms with Crippen LogP contribution < -0.4 is 0 Å². The largest absolute Gasteiger partial charge is 0.512 e. The summed E-state index contributed by atoms with van der Waals surface area (Å²) < 4.78 is 5.53. The number of esters is 1. The highest BCUT2D eigenvalue weighted by atomic mass is 32.1. The van der Waals surface area contributed by atoms with E-state index in [4.69, 9.17) is 4.74 Å². The van der Waals surface area contributed by atoms with E-state index in [1.807, 2.05) is 19.2 Å². The number of aryl methyl sites for hydroxylation is 1. The van der Waals surface area contributed by atoms with Crippen LogP contribution in [0, 0.1) is 5.92 Å². The molecule has 2 heterocycles. The number of aliphatic hydroxyl groups excluding tert-OH is 1. The molecule has 0 saturated carbocycles. The Morgan fingerprint density at radius 3 is 2.89 bits per heavy atom. The molecular formula is C14H18O3S. The van der Waals surface area contributed by atoms with Gasteiger partial charge in [-0.05, 0) is 41.1 Å². The number of carbonyl (C=O) groups excluding carboxylic acids is 1. The number of ether oxygens (including phenoxy) is 1. The van der Waals surface area contributed by atoms with E-state index >= 15 is 0 Å². The highest BCUT2D eigenvalue weighted by Gasteiger charge is 2.41. The highest BCUT2D eigenvalue weighted by molar-refractivity contribution is 7.07. The molecule has 1 atom stereocenters. The lowest BCUT2D eigenvalue weighted by molar-refractivity contribution is -0.163. The fourth-order valence-electron chi connectivity index (χ4n) is 2.30. The molecule has 0 amide bonds. The van der Waals surface area contributed by atoms with Crippen LogP contribution >= 0.6 is 11.3 Å². The van der Waals surface area contributed by atoms with Crippen molar-refractivity contribution >= 4 is 17.3 Å². The Balaban J connectivity index is 2.12. The third-order valence-corrected chi connectivity index (χ3v) is 4.27. The minimum Gasteiger partial charge on any atom is -0.512 e. The molecule has 18 heavy (non-hydrogen) atoms. The minimum absolute atomic E-state index is 0.130. The van der Waals surface area contributed by atoms with Crippen LogP contribution in [-0.2, 0) is 16.0 Å². The van der Waals surface area contributed by atoms with E-state index in [0.29, 0.717) is 6.42 Å². The SMILES string of the molecule is CC(C)[C@@]1(CCc2ccsc2)CC(O)=CC(=O)O1. The summed E-state index contributed by atoms with van der Waals surface area (Å²) >= 11 is 1.67. The van der Waals surface area contributed by atoms with E-state index in [2.05, 4.69) is 11.4 Å². The molecule has 3 nitrogen and oxygen atoms in total. The second-order valence-electron chi connectivity index (χ2n) is 5.08. The highest BCUT2D eigenvalue weighted by Crippen LogP contribution is 2.36. The van der Waals surface area contributed by atoms with Gasteiger partial charge in [-0.1, -0.05) is 13.8 Å². The van der Waals surface area contributed by atoms with Crippen molar-refractivity contribution in [1.29, 1.82) is 0 Å². The molecule has 0 aliphatic carbocycles. The maximum atomic E-state index is 11.5. The van der Waals surface area contributed by atoms with Gasteiger partial charge in [0, 0.05) is 6.42 Å². The third kappa shape index (κ3) is 2.75. The lowest BCUT2D eigenvalue weighted by Gasteiger charge is -2.38. The van der Waals surface area contributed by atoms with E-state index in [1.54, 1.807) is 11.3 Å². The summed E-state index contributed by atoms with van der Waals surface area (Å²) in [5.41, 5.74) is 0.683. The Hall–Kier alpha value is -1.29. The Kier molecular flexibility index (Phi) is 3.76. The first-order chi connectivity index (χ1) is 8.52. The zero-order valence-corrected chi connectivity index (χ0v) is 11.5. The molecule has 0 aromatic carbocycles. The molecule has 1 aliphatic rings. The zero-order chi connectivity index (χ0) is 13.2. The van der Waals surface area contributed by atoms with Crippen molar-refractivity contribution in [3.63, 3.8) is 0 Å². The normalized spacial score (nSPS) is 23.9. The minimum atomic E-state index is -0.572. The van der Waals surface area contributed by atoms with Gasteiger partial charge in [-0.2, -0.15) is 11.3 Å². The average Bonchev–Trinajstić information content (AvgIpc) is 2.77. The van der Waals surface area contributed by atoms with Crippen molar-refractivity contribution in [2.24, 2.45) is 5.92 Å². The average molecular weight is 266 g/mol. The van der Waals surface area contributed by atoms with Crippen molar-refractivity contribution in [2.45, 2.75) is 38.7 Å². The number of aliphatic hydroxyl groups is 1. The van der Waals surface area contributed by atoms with Gasteiger partial charge in [0.2, 0.25) is 0 Å². The van der Waals surface area contributed by atoms with Gasteiger partial charge >= 0.3 is 5.97 Å². The van der Waals surface area contributed by atoms with E-state index < -0.39 is 11.6 Å². The lowest BCUT2D eigenvalue weighted by atomic mass is 9.80. The molecular weight excluding hydrogens is 248 g/mol. The quantitative estimate of drug-likeness (QED) is 0.849. The van der Waals surface area contributed by atoms with Crippen LogP contribution in [0.2, 0.25) is 0 Å². The van der Waals surface area contributed by atoms with Crippen molar-refractivity contribution in [3.8, 4) is 0 Å². The number of rotatable bonds is 4. The molecule has 98 valence electrons. The number of hydrogen-bond acceptors (Lipinski definition) is 4. The second-order valence-corrected chi connectivity index (χ2v) is 5.86. The summed E-state index contributed by atoms with van der Waals surface area (Å²) in [5.74, 6) is -0.126. The van der Waals surface area contributed by atoms with Crippen LogP contribution in [0.3, 0.4) is 0 Å². The molecule has 0 radical (unpaired) electrons. The molecule has 1 N–H and O–H groups in total. The summed E-state index contributed by atoms with van der Waals surface area (Å²) in [5, 5.41) is 13.8. The zero-order valence-electron chi connectivity index (χ0n) is 10.7. The van der Waals surface area contributed by atoms with Crippen LogP contribution in [0.25, 0.3) is 0 Å². The molecule has 0 spiro atoms. The predicted molar refractivity (Wildman–Crippen MR) is 71.6 cm³/mol. The molecule has 1 aromatic heterocycles. The Bertz CT molecular complexity index is 448. The first-order valence-corrected chi connectivity index (χ1v) is 7.10. The summed E-state index contributed by atoms with van der Waals surface area (Å²) in [6.07, 6.45) is 3.19. The summed E-state index contributed by atoms with van der Waals surface area (Å²) in [7, 11) is 0. The van der Waals surface area contributed by atoms with Gasteiger partial charge in [-0.3, -0.25) is 0 Å². The van der Waals surface area contributed by atoms with E-state index in [9.17, 15) is 9.90 Å². The number of cyclic esters (lactones) is 1. The van der Waals surface area contributed by atoms with Crippen LogP contribution in [0.4, 0.5) is 0 Å². The first kappa shape index (κ1) is 13.1. The van der Waals surface area contributed by atoms with Gasteiger partial charge in [0.25, 0.3) is 0 Å². The number of thiophene rings is 1. The fourth-order valence-corrected chi connectivity index (χ4v) is 3.00. The van der Waals surface area contributed by atoms with Crippen LogP contribution in [0.15, 0.2) is 28.7 Å². The lowest BCUT2D eigenvalue weighted by Crippen LogP contribution is -2.43. The van der Waals surface area contributed by atoms with E-state index in [-0.39, 0.29) is 11.7 Å². The summed E-state index contributed by atoms with van der Waals surface area (Å²) in [6, 6.07) is 2.08. The van der Waals surface area contributed by atoms with Crippen molar-refractivity contribution in [3.05, 3.63) is 34.2 Å². The molecule has 0 fully saturated rings. The molecule has 1 aliphatic heterocycles. The van der Waals surface area contributed by atoms with Gasteiger partial charge in [0.1, 0.15) is 11.4 Å². The maximum absolute atomic E-state index is 11.5.